The first kappa shape index (κ1) is 13.9. The maximum Gasteiger partial charge on any atom is 0.310 e. The van der Waals surface area contributed by atoms with Crippen molar-refractivity contribution in [3.05, 3.63) is 0 Å². The summed E-state index contributed by atoms with van der Waals surface area (Å²) < 4.78 is 4.57. The molecule has 2 atom stereocenters. The van der Waals surface area contributed by atoms with Gasteiger partial charge in [0.25, 0.3) is 0 Å². The summed E-state index contributed by atoms with van der Waals surface area (Å²) in [6.07, 6.45) is 0.296. The van der Waals surface area contributed by atoms with Gasteiger partial charge in [-0.1, -0.05) is 6.92 Å². The van der Waals surface area contributed by atoms with Gasteiger partial charge in [0.2, 0.25) is 5.91 Å². The van der Waals surface area contributed by atoms with Crippen LogP contribution in [0.15, 0.2) is 0 Å². The lowest BCUT2D eigenvalue weighted by atomic mass is 10.1. The fourth-order valence-corrected chi connectivity index (χ4v) is 1.22. The summed E-state index contributed by atoms with van der Waals surface area (Å²) in [5, 5.41) is 0. The quantitative estimate of drug-likeness (QED) is 0.656. The molecule has 0 saturated carbocycles. The van der Waals surface area contributed by atoms with Gasteiger partial charge in [-0.25, -0.2) is 0 Å². The number of carbonyl (C=O) groups excluding carboxylic acids is 2. The van der Waals surface area contributed by atoms with Crippen LogP contribution < -0.4 is 5.73 Å². The summed E-state index contributed by atoms with van der Waals surface area (Å²) in [5.41, 5.74) is 5.51. The third-order valence-corrected chi connectivity index (χ3v) is 2.07. The Hall–Kier alpha value is -1.10. The van der Waals surface area contributed by atoms with Gasteiger partial charge in [0.1, 0.15) is 0 Å². The zero-order valence-electron chi connectivity index (χ0n) is 9.82. The van der Waals surface area contributed by atoms with Gasteiger partial charge < -0.3 is 15.4 Å². The van der Waals surface area contributed by atoms with E-state index in [4.69, 9.17) is 5.73 Å². The fraction of sp³-hybridized carbons (Fsp3) is 0.800. The van der Waals surface area contributed by atoms with Crippen molar-refractivity contribution in [2.75, 3.05) is 20.7 Å². The van der Waals surface area contributed by atoms with Crippen molar-refractivity contribution < 1.29 is 14.3 Å². The smallest absolute Gasteiger partial charge is 0.310 e. The molecular weight excluding hydrogens is 196 g/mol. The van der Waals surface area contributed by atoms with Crippen LogP contribution in [0.4, 0.5) is 0 Å². The molecule has 5 nitrogen and oxygen atoms in total. The third kappa shape index (κ3) is 5.37. The van der Waals surface area contributed by atoms with Crippen molar-refractivity contribution in [1.82, 2.24) is 4.90 Å². The molecule has 0 aliphatic heterocycles. The predicted molar refractivity (Wildman–Crippen MR) is 57.1 cm³/mol. The third-order valence-electron chi connectivity index (χ3n) is 2.07. The highest BCUT2D eigenvalue weighted by molar-refractivity contribution is 5.78. The molecular formula is C10H20N2O3. The van der Waals surface area contributed by atoms with Gasteiger partial charge >= 0.3 is 5.97 Å². The van der Waals surface area contributed by atoms with Crippen LogP contribution in [0.5, 0.6) is 0 Å². The molecule has 0 radical (unpaired) electrons. The molecule has 1 amide bonds. The zero-order valence-corrected chi connectivity index (χ0v) is 9.82. The van der Waals surface area contributed by atoms with E-state index in [-0.39, 0.29) is 23.8 Å². The van der Waals surface area contributed by atoms with Crippen LogP contribution in [0.1, 0.15) is 20.3 Å². The molecule has 15 heavy (non-hydrogen) atoms. The Balaban J connectivity index is 4.06. The molecule has 0 fully saturated rings. The number of ether oxygens (including phenoxy) is 1. The van der Waals surface area contributed by atoms with Crippen LogP contribution >= 0.6 is 0 Å². The van der Waals surface area contributed by atoms with Gasteiger partial charge in [0.05, 0.1) is 13.0 Å². The minimum Gasteiger partial charge on any atom is -0.469 e. The van der Waals surface area contributed by atoms with Crippen LogP contribution in [0.25, 0.3) is 0 Å². The lowest BCUT2D eigenvalue weighted by Gasteiger charge is -2.21. The van der Waals surface area contributed by atoms with Gasteiger partial charge in [-0.2, -0.15) is 0 Å². The maximum atomic E-state index is 11.5. The van der Waals surface area contributed by atoms with E-state index >= 15 is 0 Å². The van der Waals surface area contributed by atoms with E-state index in [2.05, 4.69) is 4.74 Å². The molecule has 0 aromatic heterocycles. The minimum absolute atomic E-state index is 0.0549. The summed E-state index contributed by atoms with van der Waals surface area (Å²) >= 11 is 0. The Kier molecular flexibility index (Phi) is 5.93. The molecule has 0 heterocycles. The molecule has 0 aromatic rings. The number of nitrogens with two attached hydrogens (primary N) is 1. The number of rotatable bonds is 5. The molecule has 0 bridgehead atoms. The summed E-state index contributed by atoms with van der Waals surface area (Å²) in [7, 11) is 2.99. The number of hydrogen-bond acceptors (Lipinski definition) is 4. The molecule has 0 spiro atoms. The molecule has 0 aliphatic rings. The van der Waals surface area contributed by atoms with Gasteiger partial charge in [-0.15, -0.1) is 0 Å². The summed E-state index contributed by atoms with van der Waals surface area (Å²) in [4.78, 5) is 24.1. The first-order chi connectivity index (χ1) is 6.88. The van der Waals surface area contributed by atoms with Gasteiger partial charge in [0, 0.05) is 26.1 Å². The summed E-state index contributed by atoms with van der Waals surface area (Å²) in [5.74, 6) is -0.673. The SMILES string of the molecule is COC(=O)C(C)CN(C)C(=O)CC(C)N. The lowest BCUT2D eigenvalue weighted by Crippen LogP contribution is -2.36. The highest BCUT2D eigenvalue weighted by Gasteiger charge is 2.18. The van der Waals surface area contributed by atoms with Crippen molar-refractivity contribution in [3.63, 3.8) is 0 Å². The molecule has 88 valence electrons. The van der Waals surface area contributed by atoms with Gasteiger partial charge in [-0.3, -0.25) is 9.59 Å². The molecule has 0 aliphatic carbocycles. The van der Waals surface area contributed by atoms with Crippen molar-refractivity contribution >= 4 is 11.9 Å². The minimum atomic E-state index is -0.310. The van der Waals surface area contributed by atoms with Gasteiger partial charge in [0.15, 0.2) is 0 Å². The number of carbonyl (C=O) groups is 2. The Bertz CT molecular complexity index is 229. The monoisotopic (exact) mass is 216 g/mol. The average molecular weight is 216 g/mol. The number of hydrogen-bond donors (Lipinski definition) is 1. The molecule has 2 N–H and O–H groups in total. The fourth-order valence-electron chi connectivity index (χ4n) is 1.22. The first-order valence-corrected chi connectivity index (χ1v) is 4.95. The van der Waals surface area contributed by atoms with Crippen LogP contribution in [-0.2, 0) is 14.3 Å². The maximum absolute atomic E-state index is 11.5. The Labute approximate surface area is 90.6 Å². The highest BCUT2D eigenvalue weighted by atomic mass is 16.5. The number of methoxy groups -OCH3 is 1. The number of nitrogens with zero attached hydrogens (tertiary/aromatic N) is 1. The Morgan fingerprint density at radius 3 is 2.33 bits per heavy atom. The molecule has 2 unspecified atom stereocenters. The molecule has 0 rings (SSSR count). The average Bonchev–Trinajstić information content (AvgIpc) is 2.15. The lowest BCUT2D eigenvalue weighted by molar-refractivity contribution is -0.146. The number of esters is 1. The Morgan fingerprint density at radius 1 is 1.40 bits per heavy atom. The van der Waals surface area contributed by atoms with Crippen molar-refractivity contribution in [2.24, 2.45) is 11.7 Å². The van der Waals surface area contributed by atoms with Crippen LogP contribution in [0, 0.1) is 5.92 Å². The molecule has 5 heteroatoms. The Morgan fingerprint density at radius 2 is 1.93 bits per heavy atom. The normalized spacial score (nSPS) is 14.2. The van der Waals surface area contributed by atoms with E-state index in [1.807, 2.05) is 0 Å². The molecule has 0 saturated heterocycles. The zero-order chi connectivity index (χ0) is 12.0. The highest BCUT2D eigenvalue weighted by Crippen LogP contribution is 2.03. The van der Waals surface area contributed by atoms with Crippen molar-refractivity contribution in [3.8, 4) is 0 Å². The van der Waals surface area contributed by atoms with Crippen molar-refractivity contribution in [1.29, 1.82) is 0 Å². The number of amides is 1. The van der Waals surface area contributed by atoms with Crippen LogP contribution in [0.2, 0.25) is 0 Å². The summed E-state index contributed by atoms with van der Waals surface area (Å²) in [6.45, 7) is 3.86. The van der Waals surface area contributed by atoms with E-state index in [1.165, 1.54) is 12.0 Å². The van der Waals surface area contributed by atoms with E-state index in [0.29, 0.717) is 13.0 Å². The van der Waals surface area contributed by atoms with Crippen LogP contribution in [-0.4, -0.2) is 43.5 Å². The first-order valence-electron chi connectivity index (χ1n) is 4.95. The predicted octanol–water partition coefficient (Wildman–Crippen LogP) is -0.00880. The standard InChI is InChI=1S/C10H20N2O3/c1-7(10(14)15-4)6-12(3)9(13)5-8(2)11/h7-8H,5-6,11H2,1-4H3. The van der Waals surface area contributed by atoms with E-state index in [1.54, 1.807) is 20.9 Å². The van der Waals surface area contributed by atoms with Crippen molar-refractivity contribution in [2.45, 2.75) is 26.3 Å². The van der Waals surface area contributed by atoms with E-state index in [0.717, 1.165) is 0 Å². The second kappa shape index (κ2) is 6.40. The second-order valence-corrected chi connectivity index (χ2v) is 3.88. The second-order valence-electron chi connectivity index (χ2n) is 3.88. The summed E-state index contributed by atoms with van der Waals surface area (Å²) in [6, 6.07) is -0.159. The van der Waals surface area contributed by atoms with Gasteiger partial charge in [-0.05, 0) is 6.92 Å². The largest absolute Gasteiger partial charge is 0.469 e. The topological polar surface area (TPSA) is 72.6 Å². The van der Waals surface area contributed by atoms with E-state index in [9.17, 15) is 9.59 Å². The van der Waals surface area contributed by atoms with E-state index < -0.39 is 0 Å². The molecule has 0 aromatic carbocycles. The van der Waals surface area contributed by atoms with Crippen LogP contribution in [0.3, 0.4) is 0 Å².